The third-order valence-electron chi connectivity index (χ3n) is 5.30. The maximum absolute atomic E-state index is 6.25. The number of likely N-dealkylation sites (N-methyl/N-ethyl adjacent to an activating group) is 1. The van der Waals surface area contributed by atoms with Crippen LogP contribution in [-0.2, 0) is 6.42 Å². The molecule has 1 fully saturated rings. The normalized spacial score (nSPS) is 22.2. The zero-order valence-electron chi connectivity index (χ0n) is 12.6. The fraction of sp³-hybridized carbons (Fsp3) is 0.688. The minimum absolute atomic E-state index is 0.388. The molecule has 3 heteroatoms. The maximum Gasteiger partial charge on any atom is 0.0621 e. The Labute approximate surface area is 122 Å². The van der Waals surface area contributed by atoms with Crippen molar-refractivity contribution in [3.8, 4) is 0 Å². The summed E-state index contributed by atoms with van der Waals surface area (Å²) in [5.74, 6) is 0.684. The fourth-order valence-corrected chi connectivity index (χ4v) is 3.83. The topological polar surface area (TPSA) is 24.9 Å². The molecule has 0 radical (unpaired) electrons. The van der Waals surface area contributed by atoms with Crippen molar-refractivity contribution in [2.45, 2.75) is 47.1 Å². The molecule has 0 aromatic carbocycles. The summed E-state index contributed by atoms with van der Waals surface area (Å²) in [4.78, 5) is 4.06. The molecule has 19 heavy (non-hydrogen) atoms. The Hall–Kier alpha value is -0.600. The van der Waals surface area contributed by atoms with E-state index in [-0.39, 0.29) is 0 Å². The third-order valence-corrected chi connectivity index (χ3v) is 5.64. The largest absolute Gasteiger partial charge is 0.314 e. The summed E-state index contributed by atoms with van der Waals surface area (Å²) in [6.45, 7) is 12.7. The van der Waals surface area contributed by atoms with Crippen molar-refractivity contribution in [3.63, 3.8) is 0 Å². The second kappa shape index (κ2) is 5.06. The second-order valence-corrected chi connectivity index (χ2v) is 7.16. The van der Waals surface area contributed by atoms with Crippen LogP contribution in [0.5, 0.6) is 0 Å². The lowest BCUT2D eigenvalue weighted by Crippen LogP contribution is -2.35. The summed E-state index contributed by atoms with van der Waals surface area (Å²) >= 11 is 6.25. The highest BCUT2D eigenvalue weighted by atomic mass is 35.5. The number of pyridine rings is 1. The quantitative estimate of drug-likeness (QED) is 0.884. The van der Waals surface area contributed by atoms with Crippen molar-refractivity contribution >= 4 is 11.6 Å². The third kappa shape index (κ3) is 2.53. The van der Waals surface area contributed by atoms with Gasteiger partial charge in [0.25, 0.3) is 0 Å². The van der Waals surface area contributed by atoms with Gasteiger partial charge < -0.3 is 5.32 Å². The van der Waals surface area contributed by atoms with Crippen molar-refractivity contribution in [3.05, 3.63) is 29.0 Å². The first-order valence-electron chi connectivity index (χ1n) is 7.14. The molecule has 2 nitrogen and oxygen atoms in total. The minimum atomic E-state index is 0.388. The van der Waals surface area contributed by atoms with E-state index in [0.717, 1.165) is 18.0 Å². The Morgan fingerprint density at radius 1 is 1.32 bits per heavy atom. The van der Waals surface area contributed by atoms with Crippen LogP contribution in [0.15, 0.2) is 18.5 Å². The monoisotopic (exact) mass is 280 g/mol. The van der Waals surface area contributed by atoms with Crippen LogP contribution in [0.3, 0.4) is 0 Å². The number of rotatable bonds is 5. The molecule has 0 bridgehead atoms. The Morgan fingerprint density at radius 2 is 1.95 bits per heavy atom. The fourth-order valence-electron chi connectivity index (χ4n) is 3.63. The summed E-state index contributed by atoms with van der Waals surface area (Å²) in [5.41, 5.74) is 1.97. The zero-order chi connectivity index (χ0) is 14.3. The number of halogens is 1. The summed E-state index contributed by atoms with van der Waals surface area (Å²) in [7, 11) is 0. The average molecular weight is 281 g/mol. The summed E-state index contributed by atoms with van der Waals surface area (Å²) in [6, 6.07) is 2.52. The van der Waals surface area contributed by atoms with E-state index in [1.807, 2.05) is 12.3 Å². The molecule has 1 aromatic rings. The van der Waals surface area contributed by atoms with E-state index in [0.29, 0.717) is 22.8 Å². The highest BCUT2D eigenvalue weighted by Gasteiger charge is 2.66. The highest BCUT2D eigenvalue weighted by molar-refractivity contribution is 6.31. The van der Waals surface area contributed by atoms with Crippen LogP contribution in [0.1, 0.15) is 40.2 Å². The van der Waals surface area contributed by atoms with Gasteiger partial charge in [0.1, 0.15) is 0 Å². The van der Waals surface area contributed by atoms with E-state index in [1.165, 1.54) is 5.56 Å². The molecule has 1 aromatic heterocycles. The van der Waals surface area contributed by atoms with Crippen LogP contribution in [0.2, 0.25) is 5.02 Å². The van der Waals surface area contributed by atoms with Crippen LogP contribution >= 0.6 is 11.6 Å². The summed E-state index contributed by atoms with van der Waals surface area (Å²) < 4.78 is 0. The highest BCUT2D eigenvalue weighted by Crippen LogP contribution is 2.69. The SMILES string of the molecule is CCNC(Cc1ccncc1Cl)C1C(C)(C)C1(C)C. The lowest BCUT2D eigenvalue weighted by atomic mass is 9.97. The zero-order valence-corrected chi connectivity index (χ0v) is 13.4. The van der Waals surface area contributed by atoms with Crippen LogP contribution in [-0.4, -0.2) is 17.6 Å². The molecule has 1 unspecified atom stereocenters. The molecule has 0 amide bonds. The van der Waals surface area contributed by atoms with Crippen molar-refractivity contribution in [2.24, 2.45) is 16.7 Å². The van der Waals surface area contributed by atoms with E-state index < -0.39 is 0 Å². The molecule has 0 spiro atoms. The summed E-state index contributed by atoms with van der Waals surface area (Å²) in [5, 5.41) is 4.43. The van der Waals surface area contributed by atoms with Crippen LogP contribution in [0, 0.1) is 16.7 Å². The van der Waals surface area contributed by atoms with E-state index in [2.05, 4.69) is 44.9 Å². The molecule has 1 aliphatic carbocycles. The molecule has 1 atom stereocenters. The number of nitrogens with one attached hydrogen (secondary N) is 1. The van der Waals surface area contributed by atoms with Gasteiger partial charge in [-0.15, -0.1) is 0 Å². The van der Waals surface area contributed by atoms with Gasteiger partial charge in [-0.1, -0.05) is 46.2 Å². The molecule has 1 heterocycles. The van der Waals surface area contributed by atoms with Crippen LogP contribution in [0.25, 0.3) is 0 Å². The lowest BCUT2D eigenvalue weighted by molar-refractivity contribution is 0.403. The Balaban J connectivity index is 2.17. The van der Waals surface area contributed by atoms with E-state index in [4.69, 9.17) is 11.6 Å². The molecule has 1 saturated carbocycles. The molecule has 0 saturated heterocycles. The van der Waals surface area contributed by atoms with E-state index in [9.17, 15) is 0 Å². The molecule has 1 N–H and O–H groups in total. The molecular formula is C16H25ClN2. The Kier molecular flexibility index (Phi) is 3.95. The molecule has 106 valence electrons. The molecule has 1 aliphatic rings. The Morgan fingerprint density at radius 3 is 2.42 bits per heavy atom. The first kappa shape index (κ1) is 14.8. The van der Waals surface area contributed by atoms with Gasteiger partial charge in [-0.25, -0.2) is 0 Å². The standard InChI is InChI=1S/C16H25ClN2/c1-6-19-13(14-15(2,3)16(14,4)5)9-11-7-8-18-10-12(11)17/h7-8,10,13-14,19H,6,9H2,1-5H3. The predicted molar refractivity (Wildman–Crippen MR) is 81.5 cm³/mol. The number of hydrogen-bond acceptors (Lipinski definition) is 2. The maximum atomic E-state index is 6.25. The van der Waals surface area contributed by atoms with Gasteiger partial charge in [-0.3, -0.25) is 4.98 Å². The van der Waals surface area contributed by atoms with Crippen molar-refractivity contribution in [2.75, 3.05) is 6.54 Å². The lowest BCUT2D eigenvalue weighted by Gasteiger charge is -2.21. The van der Waals surface area contributed by atoms with Crippen LogP contribution < -0.4 is 5.32 Å². The molecular weight excluding hydrogens is 256 g/mol. The van der Waals surface area contributed by atoms with E-state index >= 15 is 0 Å². The van der Waals surface area contributed by atoms with E-state index in [1.54, 1.807) is 6.20 Å². The Bertz CT molecular complexity index is 440. The number of aromatic nitrogens is 1. The first-order chi connectivity index (χ1) is 8.82. The van der Waals surface area contributed by atoms with Gasteiger partial charge >= 0.3 is 0 Å². The molecule has 0 aliphatic heterocycles. The van der Waals surface area contributed by atoms with Gasteiger partial charge in [0, 0.05) is 18.4 Å². The number of nitrogens with zero attached hydrogens (tertiary/aromatic N) is 1. The van der Waals surface area contributed by atoms with Crippen molar-refractivity contribution in [1.29, 1.82) is 0 Å². The molecule has 2 rings (SSSR count). The number of hydrogen-bond donors (Lipinski definition) is 1. The second-order valence-electron chi connectivity index (χ2n) is 6.76. The van der Waals surface area contributed by atoms with Crippen LogP contribution in [0.4, 0.5) is 0 Å². The van der Waals surface area contributed by atoms with Gasteiger partial charge in [-0.2, -0.15) is 0 Å². The van der Waals surface area contributed by atoms with Crippen molar-refractivity contribution < 1.29 is 0 Å². The van der Waals surface area contributed by atoms with Gasteiger partial charge in [-0.05, 0) is 41.3 Å². The minimum Gasteiger partial charge on any atom is -0.314 e. The smallest absolute Gasteiger partial charge is 0.0621 e. The predicted octanol–water partition coefficient (Wildman–Crippen LogP) is 3.94. The first-order valence-corrected chi connectivity index (χ1v) is 7.52. The van der Waals surface area contributed by atoms with Gasteiger partial charge in [0.05, 0.1) is 5.02 Å². The average Bonchev–Trinajstić information content (AvgIpc) is 2.72. The van der Waals surface area contributed by atoms with Crippen molar-refractivity contribution in [1.82, 2.24) is 10.3 Å². The summed E-state index contributed by atoms with van der Waals surface area (Å²) in [6.07, 6.45) is 4.54. The van der Waals surface area contributed by atoms with Gasteiger partial charge in [0.2, 0.25) is 0 Å². The van der Waals surface area contributed by atoms with Gasteiger partial charge in [0.15, 0.2) is 0 Å².